The van der Waals surface area contributed by atoms with Crippen molar-refractivity contribution >= 4 is 0 Å². The van der Waals surface area contributed by atoms with Gasteiger partial charge in [-0.1, -0.05) is 18.2 Å². The fourth-order valence-electron chi connectivity index (χ4n) is 3.44. The van der Waals surface area contributed by atoms with Crippen LogP contribution >= 0.6 is 0 Å². The van der Waals surface area contributed by atoms with Gasteiger partial charge in [0.25, 0.3) is 0 Å². The van der Waals surface area contributed by atoms with Gasteiger partial charge in [0.2, 0.25) is 0 Å². The van der Waals surface area contributed by atoms with Gasteiger partial charge in [-0.25, -0.2) is 0 Å². The zero-order valence-electron chi connectivity index (χ0n) is 11.3. The fourth-order valence-corrected chi connectivity index (χ4v) is 3.44. The Balaban J connectivity index is 1.86. The van der Waals surface area contributed by atoms with E-state index < -0.39 is 0 Å². The van der Waals surface area contributed by atoms with Gasteiger partial charge >= 0.3 is 0 Å². The van der Waals surface area contributed by atoms with E-state index in [1.807, 2.05) is 0 Å². The van der Waals surface area contributed by atoms with E-state index in [1.165, 1.54) is 36.0 Å². The van der Waals surface area contributed by atoms with Crippen LogP contribution in [0.25, 0.3) is 0 Å². The smallest absolute Gasteiger partial charge is 0.0411 e. The second-order valence-electron chi connectivity index (χ2n) is 6.65. The van der Waals surface area contributed by atoms with E-state index in [9.17, 15) is 0 Å². The Morgan fingerprint density at radius 3 is 2.33 bits per heavy atom. The van der Waals surface area contributed by atoms with E-state index in [4.69, 9.17) is 11.5 Å². The summed E-state index contributed by atoms with van der Waals surface area (Å²) in [5.41, 5.74) is 17.1. The van der Waals surface area contributed by atoms with Gasteiger partial charge in [-0.15, -0.1) is 0 Å². The van der Waals surface area contributed by atoms with Crippen LogP contribution in [0.1, 0.15) is 55.7 Å². The lowest BCUT2D eigenvalue weighted by molar-refractivity contribution is 0.217. The molecule has 1 aromatic carbocycles. The summed E-state index contributed by atoms with van der Waals surface area (Å²) in [6, 6.07) is 6.91. The Morgan fingerprint density at radius 1 is 0.944 bits per heavy atom. The molecule has 0 atom stereocenters. The number of benzene rings is 1. The summed E-state index contributed by atoms with van der Waals surface area (Å²) in [5, 5.41) is 0. The van der Waals surface area contributed by atoms with Crippen molar-refractivity contribution in [2.24, 2.45) is 11.5 Å². The number of fused-ring (bicyclic) bond motifs is 1. The lowest BCUT2D eigenvalue weighted by atomic mass is 9.70. The minimum Gasteiger partial charge on any atom is -0.325 e. The largest absolute Gasteiger partial charge is 0.325 e. The van der Waals surface area contributed by atoms with E-state index >= 15 is 0 Å². The van der Waals surface area contributed by atoms with Gasteiger partial charge in [0.1, 0.15) is 0 Å². The highest BCUT2D eigenvalue weighted by Gasteiger charge is 2.37. The summed E-state index contributed by atoms with van der Waals surface area (Å²) in [6.07, 6.45) is 7.86. The van der Waals surface area contributed by atoms with Crippen molar-refractivity contribution in [3.05, 3.63) is 34.9 Å². The quantitative estimate of drug-likeness (QED) is 0.798. The first-order valence-electron chi connectivity index (χ1n) is 7.19. The van der Waals surface area contributed by atoms with Gasteiger partial charge in [-0.3, -0.25) is 0 Å². The molecule has 1 aromatic rings. The first-order chi connectivity index (χ1) is 8.49. The molecule has 0 spiro atoms. The van der Waals surface area contributed by atoms with Crippen LogP contribution in [0, 0.1) is 0 Å². The summed E-state index contributed by atoms with van der Waals surface area (Å²) >= 11 is 0. The molecule has 0 amide bonds. The Morgan fingerprint density at radius 2 is 1.61 bits per heavy atom. The average Bonchev–Trinajstić information content (AvgIpc) is 2.80. The van der Waals surface area contributed by atoms with E-state index in [2.05, 4.69) is 25.1 Å². The highest BCUT2D eigenvalue weighted by molar-refractivity contribution is 5.38. The molecule has 0 bridgehead atoms. The molecule has 2 heteroatoms. The summed E-state index contributed by atoms with van der Waals surface area (Å²) in [5.74, 6) is 0. The normalized spacial score (nSPS) is 35.5. The molecule has 0 unspecified atom stereocenters. The van der Waals surface area contributed by atoms with Crippen LogP contribution in [0.5, 0.6) is 0 Å². The molecule has 0 aromatic heterocycles. The second-order valence-corrected chi connectivity index (χ2v) is 6.65. The second kappa shape index (κ2) is 4.07. The summed E-state index contributed by atoms with van der Waals surface area (Å²) in [7, 11) is 0. The molecular weight excluding hydrogens is 220 g/mol. The maximum absolute atomic E-state index is 6.64. The van der Waals surface area contributed by atoms with Crippen LogP contribution in [0.15, 0.2) is 18.2 Å². The molecule has 2 nitrogen and oxygen atoms in total. The van der Waals surface area contributed by atoms with Crippen LogP contribution < -0.4 is 11.5 Å². The van der Waals surface area contributed by atoms with Gasteiger partial charge in [0, 0.05) is 11.1 Å². The van der Waals surface area contributed by atoms with Crippen molar-refractivity contribution in [3.8, 4) is 0 Å². The summed E-state index contributed by atoms with van der Waals surface area (Å²) < 4.78 is 0. The predicted molar refractivity (Wildman–Crippen MR) is 75.4 cm³/mol. The molecule has 0 saturated heterocycles. The third kappa shape index (κ3) is 2.08. The van der Waals surface area contributed by atoms with Crippen molar-refractivity contribution in [2.45, 2.75) is 62.9 Å². The maximum Gasteiger partial charge on any atom is 0.0411 e. The monoisotopic (exact) mass is 244 g/mol. The zero-order chi connectivity index (χ0) is 12.8. The van der Waals surface area contributed by atoms with Gasteiger partial charge in [-0.05, 0) is 68.6 Å². The fraction of sp³-hybridized carbons (Fsp3) is 0.625. The summed E-state index contributed by atoms with van der Waals surface area (Å²) in [6.45, 7) is 2.15. The predicted octanol–water partition coefficient (Wildman–Crippen LogP) is 2.62. The Labute approximate surface area is 110 Å². The molecule has 0 radical (unpaired) electrons. The van der Waals surface area contributed by atoms with Gasteiger partial charge < -0.3 is 11.5 Å². The molecule has 18 heavy (non-hydrogen) atoms. The van der Waals surface area contributed by atoms with E-state index in [0.29, 0.717) is 0 Å². The zero-order valence-corrected chi connectivity index (χ0v) is 11.3. The van der Waals surface area contributed by atoms with E-state index in [1.54, 1.807) is 0 Å². The molecule has 0 aliphatic heterocycles. The third-order valence-corrected chi connectivity index (χ3v) is 4.96. The van der Waals surface area contributed by atoms with Crippen molar-refractivity contribution in [1.82, 2.24) is 0 Å². The third-order valence-electron chi connectivity index (χ3n) is 4.96. The van der Waals surface area contributed by atoms with Crippen molar-refractivity contribution in [3.63, 3.8) is 0 Å². The lowest BCUT2D eigenvalue weighted by Gasteiger charge is -2.41. The minimum absolute atomic E-state index is 0.0143. The first kappa shape index (κ1) is 12.2. The number of aryl methyl sites for hydroxylation is 2. The van der Waals surface area contributed by atoms with Gasteiger partial charge in [0.05, 0.1) is 0 Å². The van der Waals surface area contributed by atoms with Crippen LogP contribution in [0.4, 0.5) is 0 Å². The molecule has 3 rings (SSSR count). The molecule has 2 aliphatic rings. The van der Waals surface area contributed by atoms with E-state index in [-0.39, 0.29) is 11.1 Å². The Bertz CT molecular complexity index is 452. The molecule has 0 heterocycles. The minimum atomic E-state index is -0.142. The number of nitrogens with two attached hydrogens (primary N) is 2. The Kier molecular flexibility index (Phi) is 2.76. The van der Waals surface area contributed by atoms with Crippen molar-refractivity contribution in [2.75, 3.05) is 0 Å². The van der Waals surface area contributed by atoms with Gasteiger partial charge in [-0.2, -0.15) is 0 Å². The first-order valence-corrected chi connectivity index (χ1v) is 7.19. The molecule has 2 aliphatic carbocycles. The van der Waals surface area contributed by atoms with Crippen molar-refractivity contribution < 1.29 is 0 Å². The van der Waals surface area contributed by atoms with Crippen molar-refractivity contribution in [1.29, 1.82) is 0 Å². The van der Waals surface area contributed by atoms with E-state index in [0.717, 1.165) is 25.7 Å². The number of rotatable bonds is 1. The topological polar surface area (TPSA) is 52.0 Å². The highest BCUT2D eigenvalue weighted by atomic mass is 14.8. The highest BCUT2D eigenvalue weighted by Crippen LogP contribution is 2.39. The van der Waals surface area contributed by atoms with Crippen LogP contribution in [-0.2, 0) is 18.4 Å². The average molecular weight is 244 g/mol. The van der Waals surface area contributed by atoms with Crippen LogP contribution in [-0.4, -0.2) is 5.54 Å². The molecular formula is C16H24N2. The lowest BCUT2D eigenvalue weighted by Crippen LogP contribution is -2.49. The molecule has 98 valence electrons. The SMILES string of the molecule is CC1(N)CCC(N)(c2ccc3c(c2)CCC3)CC1. The number of hydrogen-bond donors (Lipinski definition) is 2. The summed E-state index contributed by atoms with van der Waals surface area (Å²) in [4.78, 5) is 0. The Hall–Kier alpha value is -0.860. The maximum atomic E-state index is 6.64. The van der Waals surface area contributed by atoms with Gasteiger partial charge in [0.15, 0.2) is 0 Å². The number of hydrogen-bond acceptors (Lipinski definition) is 2. The van der Waals surface area contributed by atoms with Crippen LogP contribution in [0.2, 0.25) is 0 Å². The molecule has 1 fully saturated rings. The standard InChI is InChI=1S/C16H24N2/c1-15(17)7-9-16(18,10-8-15)14-6-5-12-3-2-4-13(12)11-14/h5-6,11H,2-4,7-10,17-18H2,1H3. The molecule has 4 N–H and O–H groups in total. The molecule has 1 saturated carbocycles. The van der Waals surface area contributed by atoms with Crippen LogP contribution in [0.3, 0.4) is 0 Å².